The third-order valence-electron chi connectivity index (χ3n) is 4.83. The van der Waals surface area contributed by atoms with Crippen LogP contribution in [0.5, 0.6) is 5.75 Å². The number of benzene rings is 2. The molecule has 31 heavy (non-hydrogen) atoms. The first-order valence-electron chi connectivity index (χ1n) is 10.1. The van der Waals surface area contributed by atoms with Gasteiger partial charge < -0.3 is 19.4 Å². The van der Waals surface area contributed by atoms with Gasteiger partial charge in [-0.05, 0) is 36.6 Å². The number of nitrogens with zero attached hydrogens (tertiary/aromatic N) is 2. The molecule has 162 valence electrons. The van der Waals surface area contributed by atoms with E-state index < -0.39 is 17.9 Å². The molecule has 1 unspecified atom stereocenters. The standard InChI is InChI=1S/C24H27N3O4/c1-17-9-10-18(2)20(15-17)30-14-11-22(29)31-16-21(28)26-23(19-7-5-4-6-8-19)24-25-12-13-27(24)3/h4-10,12-13,15,23H,11,14,16H2,1-3H3,(H,26,28). The van der Waals surface area contributed by atoms with E-state index >= 15 is 0 Å². The van der Waals surface area contributed by atoms with Crippen molar-refractivity contribution in [3.05, 3.63) is 83.4 Å². The van der Waals surface area contributed by atoms with Gasteiger partial charge in [-0.2, -0.15) is 0 Å². The molecular weight excluding hydrogens is 394 g/mol. The maximum atomic E-state index is 12.5. The zero-order valence-corrected chi connectivity index (χ0v) is 18.0. The summed E-state index contributed by atoms with van der Waals surface area (Å²) in [7, 11) is 1.86. The van der Waals surface area contributed by atoms with E-state index in [-0.39, 0.29) is 19.6 Å². The lowest BCUT2D eigenvalue weighted by Crippen LogP contribution is -2.34. The highest BCUT2D eigenvalue weighted by Gasteiger charge is 2.21. The number of carbonyl (C=O) groups is 2. The Morgan fingerprint density at radius 3 is 2.61 bits per heavy atom. The average Bonchev–Trinajstić information content (AvgIpc) is 3.19. The van der Waals surface area contributed by atoms with Crippen LogP contribution < -0.4 is 10.1 Å². The van der Waals surface area contributed by atoms with Crippen molar-refractivity contribution in [2.75, 3.05) is 13.2 Å². The smallest absolute Gasteiger partial charge is 0.309 e. The number of nitrogens with one attached hydrogen (secondary N) is 1. The van der Waals surface area contributed by atoms with Gasteiger partial charge in [0.2, 0.25) is 0 Å². The molecule has 0 spiro atoms. The van der Waals surface area contributed by atoms with E-state index in [2.05, 4.69) is 10.3 Å². The van der Waals surface area contributed by atoms with Gasteiger partial charge in [0.05, 0.1) is 13.0 Å². The van der Waals surface area contributed by atoms with E-state index in [0.29, 0.717) is 5.82 Å². The molecule has 1 aromatic heterocycles. The molecule has 7 nitrogen and oxygen atoms in total. The molecule has 0 saturated heterocycles. The Hall–Kier alpha value is -3.61. The molecule has 3 aromatic rings. The molecule has 0 bridgehead atoms. The van der Waals surface area contributed by atoms with Crippen molar-refractivity contribution >= 4 is 11.9 Å². The van der Waals surface area contributed by atoms with Gasteiger partial charge in [0, 0.05) is 19.4 Å². The van der Waals surface area contributed by atoms with E-state index in [1.165, 1.54) is 0 Å². The van der Waals surface area contributed by atoms with Gasteiger partial charge >= 0.3 is 5.97 Å². The Labute approximate surface area is 182 Å². The molecule has 0 aliphatic rings. The second kappa shape index (κ2) is 10.4. The number of carbonyl (C=O) groups excluding carboxylic acids is 2. The first-order valence-corrected chi connectivity index (χ1v) is 10.1. The average molecular weight is 421 g/mol. The summed E-state index contributed by atoms with van der Waals surface area (Å²) in [5.41, 5.74) is 2.97. The van der Waals surface area contributed by atoms with Gasteiger partial charge in [-0.25, -0.2) is 4.98 Å². The van der Waals surface area contributed by atoms with Crippen molar-refractivity contribution in [3.63, 3.8) is 0 Å². The normalized spacial score (nSPS) is 11.6. The monoisotopic (exact) mass is 421 g/mol. The predicted molar refractivity (Wildman–Crippen MR) is 117 cm³/mol. The van der Waals surface area contributed by atoms with Crippen LogP contribution in [0, 0.1) is 13.8 Å². The summed E-state index contributed by atoms with van der Waals surface area (Å²) in [5, 5.41) is 2.90. The number of ether oxygens (including phenoxy) is 2. The third kappa shape index (κ3) is 6.18. The highest BCUT2D eigenvalue weighted by atomic mass is 16.5. The van der Waals surface area contributed by atoms with Gasteiger partial charge in [0.1, 0.15) is 17.6 Å². The summed E-state index contributed by atoms with van der Waals surface area (Å²) in [4.78, 5) is 28.8. The first kappa shape index (κ1) is 22.1. The molecule has 1 heterocycles. The minimum Gasteiger partial charge on any atom is -0.493 e. The van der Waals surface area contributed by atoms with Gasteiger partial charge in [-0.15, -0.1) is 0 Å². The fourth-order valence-corrected chi connectivity index (χ4v) is 3.13. The zero-order valence-electron chi connectivity index (χ0n) is 18.0. The van der Waals surface area contributed by atoms with E-state index in [9.17, 15) is 9.59 Å². The van der Waals surface area contributed by atoms with E-state index in [1.807, 2.05) is 80.2 Å². The van der Waals surface area contributed by atoms with Crippen molar-refractivity contribution in [1.29, 1.82) is 0 Å². The first-order chi connectivity index (χ1) is 14.9. The summed E-state index contributed by atoms with van der Waals surface area (Å²) >= 11 is 0. The zero-order chi connectivity index (χ0) is 22.2. The number of hydrogen-bond acceptors (Lipinski definition) is 5. The van der Waals surface area contributed by atoms with Gasteiger partial charge in [-0.3, -0.25) is 9.59 Å². The Balaban J connectivity index is 1.50. The van der Waals surface area contributed by atoms with Crippen LogP contribution in [0.2, 0.25) is 0 Å². The molecule has 3 rings (SSSR count). The Morgan fingerprint density at radius 2 is 1.90 bits per heavy atom. The molecule has 0 aliphatic heterocycles. The number of amides is 1. The molecule has 0 fully saturated rings. The quantitative estimate of drug-likeness (QED) is 0.537. The van der Waals surface area contributed by atoms with Crippen LogP contribution in [0.15, 0.2) is 60.9 Å². The maximum Gasteiger partial charge on any atom is 0.309 e. The number of rotatable bonds is 9. The molecule has 0 aliphatic carbocycles. The summed E-state index contributed by atoms with van der Waals surface area (Å²) in [6.07, 6.45) is 3.54. The largest absolute Gasteiger partial charge is 0.493 e. The van der Waals surface area contributed by atoms with Crippen LogP contribution in [-0.4, -0.2) is 34.6 Å². The summed E-state index contributed by atoms with van der Waals surface area (Å²) in [5.74, 6) is 0.536. The fraction of sp³-hybridized carbons (Fsp3) is 0.292. The SMILES string of the molecule is Cc1ccc(C)c(OCCC(=O)OCC(=O)NC(c2ccccc2)c2nccn2C)c1. The molecule has 2 aromatic carbocycles. The Bertz CT molecular complexity index is 1030. The van der Waals surface area contributed by atoms with E-state index in [1.54, 1.807) is 6.20 Å². The van der Waals surface area contributed by atoms with Crippen molar-refractivity contribution in [2.45, 2.75) is 26.3 Å². The second-order valence-corrected chi connectivity index (χ2v) is 7.34. The lowest BCUT2D eigenvalue weighted by molar-refractivity contribution is -0.149. The number of imidazole rings is 1. The molecule has 1 amide bonds. The minimum atomic E-state index is -0.492. The van der Waals surface area contributed by atoms with Crippen molar-refractivity contribution in [2.24, 2.45) is 7.05 Å². The van der Waals surface area contributed by atoms with Gasteiger partial charge in [0.15, 0.2) is 6.61 Å². The van der Waals surface area contributed by atoms with Crippen LogP contribution in [0.3, 0.4) is 0 Å². The highest BCUT2D eigenvalue weighted by molar-refractivity contribution is 5.81. The van der Waals surface area contributed by atoms with Crippen molar-refractivity contribution < 1.29 is 19.1 Å². The van der Waals surface area contributed by atoms with Gasteiger partial charge in [-0.1, -0.05) is 42.5 Å². The third-order valence-corrected chi connectivity index (χ3v) is 4.83. The number of aryl methyl sites for hydroxylation is 3. The number of aromatic nitrogens is 2. The summed E-state index contributed by atoms with van der Waals surface area (Å²) in [6, 6.07) is 15.0. The van der Waals surface area contributed by atoms with E-state index in [0.717, 1.165) is 22.4 Å². The van der Waals surface area contributed by atoms with Gasteiger partial charge in [0.25, 0.3) is 5.91 Å². The Kier molecular flexibility index (Phi) is 7.43. The fourth-order valence-electron chi connectivity index (χ4n) is 3.13. The molecule has 0 saturated carbocycles. The van der Waals surface area contributed by atoms with Crippen LogP contribution in [-0.2, 0) is 21.4 Å². The molecule has 1 N–H and O–H groups in total. The topological polar surface area (TPSA) is 82.4 Å². The van der Waals surface area contributed by atoms with Crippen molar-refractivity contribution in [3.8, 4) is 5.75 Å². The van der Waals surface area contributed by atoms with Crippen LogP contribution >= 0.6 is 0 Å². The van der Waals surface area contributed by atoms with Crippen molar-refractivity contribution in [1.82, 2.24) is 14.9 Å². The molecule has 7 heteroatoms. The Morgan fingerprint density at radius 1 is 1.13 bits per heavy atom. The lowest BCUT2D eigenvalue weighted by atomic mass is 10.1. The molecule has 0 radical (unpaired) electrons. The molecular formula is C24H27N3O4. The number of hydrogen-bond donors (Lipinski definition) is 1. The summed E-state index contributed by atoms with van der Waals surface area (Å²) < 4.78 is 12.6. The lowest BCUT2D eigenvalue weighted by Gasteiger charge is -2.19. The molecule has 1 atom stereocenters. The van der Waals surface area contributed by atoms with Crippen LogP contribution in [0.4, 0.5) is 0 Å². The second-order valence-electron chi connectivity index (χ2n) is 7.34. The van der Waals surface area contributed by atoms with E-state index in [4.69, 9.17) is 9.47 Å². The maximum absolute atomic E-state index is 12.5. The number of esters is 1. The highest BCUT2D eigenvalue weighted by Crippen LogP contribution is 2.20. The summed E-state index contributed by atoms with van der Waals surface area (Å²) in [6.45, 7) is 3.75. The predicted octanol–water partition coefficient (Wildman–Crippen LogP) is 3.25. The van der Waals surface area contributed by atoms with Crippen LogP contribution in [0.1, 0.15) is 35.0 Å². The van der Waals surface area contributed by atoms with Crippen LogP contribution in [0.25, 0.3) is 0 Å². The minimum absolute atomic E-state index is 0.0577.